The number of benzene rings is 1. The number of rotatable bonds is 6. The van der Waals surface area contributed by atoms with Gasteiger partial charge < -0.3 is 10.1 Å². The van der Waals surface area contributed by atoms with E-state index in [2.05, 4.69) is 25.7 Å². The quantitative estimate of drug-likeness (QED) is 0.717. The maximum atomic E-state index is 12.2. The Morgan fingerprint density at radius 3 is 2.88 bits per heavy atom. The number of carbonyl (C=O) groups excluding carboxylic acids is 1. The predicted molar refractivity (Wildman–Crippen MR) is 91.0 cm³/mol. The first-order chi connectivity index (χ1) is 11.7. The minimum Gasteiger partial charge on any atom is -0.497 e. The zero-order valence-corrected chi connectivity index (χ0v) is 14.2. The Balaban J connectivity index is 1.66. The largest absolute Gasteiger partial charge is 0.497 e. The van der Waals surface area contributed by atoms with Crippen LogP contribution in [0.4, 0.5) is 0 Å². The van der Waals surface area contributed by atoms with Gasteiger partial charge in [-0.25, -0.2) is 0 Å². The van der Waals surface area contributed by atoms with Gasteiger partial charge in [-0.15, -0.1) is 10.2 Å². The lowest BCUT2D eigenvalue weighted by Crippen LogP contribution is -2.23. The Morgan fingerprint density at radius 1 is 1.29 bits per heavy atom. The summed E-state index contributed by atoms with van der Waals surface area (Å²) in [6.07, 6.45) is 0.843. The molecule has 1 amide bonds. The average Bonchev–Trinajstić information content (AvgIpc) is 3.29. The number of aryl methyl sites for hydroxylation is 1. The molecular formula is C16H17N5O2S. The van der Waals surface area contributed by atoms with Crippen LogP contribution in [-0.2, 0) is 13.0 Å². The number of ether oxygens (including phenoxy) is 1. The molecule has 2 heterocycles. The van der Waals surface area contributed by atoms with Gasteiger partial charge in [-0.05, 0) is 24.6 Å². The van der Waals surface area contributed by atoms with Gasteiger partial charge in [-0.2, -0.15) is 5.10 Å². The molecule has 2 aromatic heterocycles. The lowest BCUT2D eigenvalue weighted by molar-refractivity contribution is 0.0946. The van der Waals surface area contributed by atoms with Crippen molar-refractivity contribution in [3.8, 4) is 17.0 Å². The molecule has 0 spiro atoms. The zero-order valence-electron chi connectivity index (χ0n) is 13.4. The molecule has 124 valence electrons. The summed E-state index contributed by atoms with van der Waals surface area (Å²) in [7, 11) is 1.61. The molecule has 1 aromatic carbocycles. The second kappa shape index (κ2) is 7.22. The molecule has 0 saturated heterocycles. The highest BCUT2D eigenvalue weighted by Gasteiger charge is 2.12. The first-order valence-electron chi connectivity index (χ1n) is 7.49. The molecule has 0 unspecified atom stereocenters. The molecule has 0 aliphatic heterocycles. The molecule has 8 heteroatoms. The molecule has 3 aromatic rings. The van der Waals surface area contributed by atoms with Gasteiger partial charge in [0.1, 0.15) is 21.5 Å². The maximum absolute atomic E-state index is 12.2. The Hall–Kier alpha value is -2.74. The van der Waals surface area contributed by atoms with E-state index in [1.54, 1.807) is 13.2 Å². The van der Waals surface area contributed by atoms with Gasteiger partial charge in [0, 0.05) is 5.56 Å². The van der Waals surface area contributed by atoms with E-state index < -0.39 is 0 Å². The first kappa shape index (κ1) is 16.1. The second-order valence-electron chi connectivity index (χ2n) is 5.02. The van der Waals surface area contributed by atoms with Crippen molar-refractivity contribution >= 4 is 17.2 Å². The zero-order chi connectivity index (χ0) is 16.9. The molecule has 0 radical (unpaired) electrons. The SMILES string of the molecule is CCc1nnc(CNC(=O)c2cc(-c3cccc(OC)c3)n[nH]2)s1. The van der Waals surface area contributed by atoms with Crippen LogP contribution in [0.25, 0.3) is 11.3 Å². The van der Waals surface area contributed by atoms with Crippen molar-refractivity contribution in [2.75, 3.05) is 7.11 Å². The molecule has 0 bridgehead atoms. The number of carbonyl (C=O) groups is 1. The topological polar surface area (TPSA) is 92.8 Å². The summed E-state index contributed by atoms with van der Waals surface area (Å²) in [5.74, 6) is 0.509. The molecule has 0 saturated carbocycles. The number of hydrogen-bond acceptors (Lipinski definition) is 6. The molecule has 0 aliphatic carbocycles. The smallest absolute Gasteiger partial charge is 0.269 e. The van der Waals surface area contributed by atoms with Crippen molar-refractivity contribution in [3.63, 3.8) is 0 Å². The Labute approximate surface area is 143 Å². The predicted octanol–water partition coefficient (Wildman–Crippen LogP) is 2.43. The fourth-order valence-electron chi connectivity index (χ4n) is 2.12. The maximum Gasteiger partial charge on any atom is 0.269 e. The van der Waals surface area contributed by atoms with E-state index in [0.717, 1.165) is 27.7 Å². The highest BCUT2D eigenvalue weighted by Crippen LogP contribution is 2.22. The highest BCUT2D eigenvalue weighted by molar-refractivity contribution is 7.11. The van der Waals surface area contributed by atoms with Crippen molar-refractivity contribution in [2.45, 2.75) is 19.9 Å². The molecule has 0 aliphatic rings. The summed E-state index contributed by atoms with van der Waals surface area (Å²) in [5.41, 5.74) is 1.96. The van der Waals surface area contributed by atoms with E-state index in [1.165, 1.54) is 11.3 Å². The highest BCUT2D eigenvalue weighted by atomic mass is 32.1. The fraction of sp³-hybridized carbons (Fsp3) is 0.250. The summed E-state index contributed by atoms with van der Waals surface area (Å²) in [6.45, 7) is 2.37. The molecular weight excluding hydrogens is 326 g/mol. The molecule has 0 atom stereocenters. The molecule has 3 rings (SSSR count). The van der Waals surface area contributed by atoms with Gasteiger partial charge in [-0.1, -0.05) is 30.4 Å². The first-order valence-corrected chi connectivity index (χ1v) is 8.30. The van der Waals surface area contributed by atoms with Crippen molar-refractivity contribution < 1.29 is 9.53 Å². The van der Waals surface area contributed by atoms with E-state index in [-0.39, 0.29) is 5.91 Å². The van der Waals surface area contributed by atoms with Crippen molar-refractivity contribution in [1.29, 1.82) is 0 Å². The average molecular weight is 343 g/mol. The normalized spacial score (nSPS) is 10.6. The summed E-state index contributed by atoms with van der Waals surface area (Å²) < 4.78 is 5.20. The van der Waals surface area contributed by atoms with E-state index >= 15 is 0 Å². The minimum absolute atomic E-state index is 0.232. The summed E-state index contributed by atoms with van der Waals surface area (Å²) >= 11 is 1.50. The van der Waals surface area contributed by atoms with Gasteiger partial charge in [0.25, 0.3) is 5.91 Å². The van der Waals surface area contributed by atoms with Crippen LogP contribution in [0.3, 0.4) is 0 Å². The van der Waals surface area contributed by atoms with E-state index in [9.17, 15) is 4.79 Å². The van der Waals surface area contributed by atoms with Crippen LogP contribution in [0.1, 0.15) is 27.4 Å². The van der Waals surface area contributed by atoms with Gasteiger partial charge in [0.2, 0.25) is 0 Å². The molecule has 0 fully saturated rings. The van der Waals surface area contributed by atoms with Crippen molar-refractivity contribution in [2.24, 2.45) is 0 Å². The number of nitrogens with one attached hydrogen (secondary N) is 2. The minimum atomic E-state index is -0.232. The number of methoxy groups -OCH3 is 1. The Morgan fingerprint density at radius 2 is 2.12 bits per heavy atom. The standard InChI is InChI=1S/C16H17N5O2S/c1-3-14-20-21-15(24-14)9-17-16(22)13-8-12(18-19-13)10-5-4-6-11(7-10)23-2/h4-8H,3,9H2,1-2H3,(H,17,22)(H,18,19). The molecule has 2 N–H and O–H groups in total. The van der Waals surface area contributed by atoms with Crippen molar-refractivity contribution in [3.05, 3.63) is 46.0 Å². The van der Waals surface area contributed by atoms with Crippen LogP contribution in [-0.4, -0.2) is 33.4 Å². The molecule has 24 heavy (non-hydrogen) atoms. The third-order valence-corrected chi connectivity index (χ3v) is 4.47. The number of amides is 1. The lowest BCUT2D eigenvalue weighted by atomic mass is 10.1. The van der Waals surface area contributed by atoms with Crippen molar-refractivity contribution in [1.82, 2.24) is 25.7 Å². The van der Waals surface area contributed by atoms with Crippen LogP contribution in [0.2, 0.25) is 0 Å². The summed E-state index contributed by atoms with van der Waals surface area (Å²) in [5, 5.41) is 19.6. The number of H-pyrrole nitrogens is 1. The van der Waals surface area contributed by atoms with E-state index in [0.29, 0.717) is 17.9 Å². The van der Waals surface area contributed by atoms with Crippen LogP contribution in [0, 0.1) is 0 Å². The number of aromatic amines is 1. The summed E-state index contributed by atoms with van der Waals surface area (Å²) in [4.78, 5) is 12.2. The van der Waals surface area contributed by atoms with Gasteiger partial charge in [0.15, 0.2) is 0 Å². The second-order valence-corrected chi connectivity index (χ2v) is 6.17. The fourth-order valence-corrected chi connectivity index (χ4v) is 2.85. The number of nitrogens with zero attached hydrogens (tertiary/aromatic N) is 3. The number of hydrogen-bond donors (Lipinski definition) is 2. The van der Waals surface area contributed by atoms with Gasteiger partial charge in [-0.3, -0.25) is 9.89 Å². The van der Waals surface area contributed by atoms with Crippen LogP contribution in [0.15, 0.2) is 30.3 Å². The van der Waals surface area contributed by atoms with Crippen LogP contribution in [0.5, 0.6) is 5.75 Å². The summed E-state index contributed by atoms with van der Waals surface area (Å²) in [6, 6.07) is 9.22. The van der Waals surface area contributed by atoms with E-state index in [1.807, 2.05) is 31.2 Å². The van der Waals surface area contributed by atoms with Gasteiger partial charge in [0.05, 0.1) is 19.3 Å². The number of aromatic nitrogens is 4. The monoisotopic (exact) mass is 343 g/mol. The molecule has 7 nitrogen and oxygen atoms in total. The Kier molecular flexibility index (Phi) is 4.85. The third kappa shape index (κ3) is 3.60. The Bertz CT molecular complexity index is 842. The third-order valence-electron chi connectivity index (χ3n) is 3.40. The van der Waals surface area contributed by atoms with Crippen LogP contribution >= 0.6 is 11.3 Å². The van der Waals surface area contributed by atoms with Gasteiger partial charge >= 0.3 is 0 Å². The lowest BCUT2D eigenvalue weighted by Gasteiger charge is -2.01. The van der Waals surface area contributed by atoms with E-state index in [4.69, 9.17) is 4.74 Å². The van der Waals surface area contributed by atoms with Crippen LogP contribution < -0.4 is 10.1 Å².